The molecule has 0 fully saturated rings. The number of halogens is 1. The van der Waals surface area contributed by atoms with Crippen LogP contribution in [0.5, 0.6) is 0 Å². The minimum absolute atomic E-state index is 0.0545. The maximum absolute atomic E-state index is 12.5. The largest absolute Gasteiger partial charge is 0.450 e. The third-order valence-corrected chi connectivity index (χ3v) is 3.81. The molecular formula is C17H26ClN3O4. The molecule has 1 aromatic carbocycles. The number of ether oxygens (including phenoxy) is 2. The van der Waals surface area contributed by atoms with Crippen molar-refractivity contribution in [1.82, 2.24) is 4.90 Å². The molecule has 0 radical (unpaired) electrons. The number of carbonyl (C=O) groups is 2. The molecular weight excluding hydrogens is 346 g/mol. The van der Waals surface area contributed by atoms with Crippen LogP contribution >= 0.6 is 11.6 Å². The molecule has 7 nitrogen and oxygen atoms in total. The van der Waals surface area contributed by atoms with Gasteiger partial charge in [0.15, 0.2) is 0 Å². The monoisotopic (exact) mass is 371 g/mol. The van der Waals surface area contributed by atoms with E-state index in [-0.39, 0.29) is 19.3 Å². The highest BCUT2D eigenvalue weighted by Crippen LogP contribution is 2.30. The van der Waals surface area contributed by atoms with Gasteiger partial charge in [0.2, 0.25) is 0 Å². The van der Waals surface area contributed by atoms with Gasteiger partial charge in [-0.05, 0) is 53.1 Å². The fourth-order valence-corrected chi connectivity index (χ4v) is 2.18. The van der Waals surface area contributed by atoms with Gasteiger partial charge in [-0.1, -0.05) is 11.6 Å². The number of rotatable bonds is 7. The summed E-state index contributed by atoms with van der Waals surface area (Å²) in [6, 6.07) is 4.92. The topological polar surface area (TPSA) is 71.1 Å². The molecule has 1 aromatic rings. The van der Waals surface area contributed by atoms with E-state index in [1.807, 2.05) is 25.9 Å². The second-order valence-electron chi connectivity index (χ2n) is 5.63. The molecule has 25 heavy (non-hydrogen) atoms. The van der Waals surface area contributed by atoms with Gasteiger partial charge in [-0.3, -0.25) is 10.2 Å². The maximum Gasteiger partial charge on any atom is 0.414 e. The van der Waals surface area contributed by atoms with E-state index in [4.69, 9.17) is 21.1 Å². The third kappa shape index (κ3) is 6.43. The average Bonchev–Trinajstić information content (AvgIpc) is 2.54. The molecule has 1 unspecified atom stereocenters. The number of likely N-dealkylation sites (N-methyl/N-ethyl adjacent to an activating group) is 1. The van der Waals surface area contributed by atoms with Crippen LogP contribution in [0.3, 0.4) is 0 Å². The van der Waals surface area contributed by atoms with Crippen LogP contribution in [0, 0.1) is 0 Å². The SMILES string of the molecule is CCOC(=O)Nc1ccc(Cl)cc1N(CC(C)N(C)C)C(=O)OCC. The molecule has 2 amide bonds. The van der Waals surface area contributed by atoms with E-state index < -0.39 is 12.2 Å². The zero-order valence-electron chi connectivity index (χ0n) is 15.3. The van der Waals surface area contributed by atoms with Crippen LogP contribution in [0.15, 0.2) is 18.2 Å². The van der Waals surface area contributed by atoms with Crippen LogP contribution in [0.4, 0.5) is 21.0 Å². The Hall–Kier alpha value is -1.99. The summed E-state index contributed by atoms with van der Waals surface area (Å²) in [7, 11) is 3.84. The molecule has 0 heterocycles. The number of nitrogens with one attached hydrogen (secondary N) is 1. The summed E-state index contributed by atoms with van der Waals surface area (Å²) < 4.78 is 10.1. The van der Waals surface area contributed by atoms with Gasteiger partial charge in [-0.25, -0.2) is 9.59 Å². The van der Waals surface area contributed by atoms with Crippen molar-refractivity contribution in [3.63, 3.8) is 0 Å². The molecule has 0 aliphatic carbocycles. The van der Waals surface area contributed by atoms with E-state index in [1.54, 1.807) is 32.0 Å². The van der Waals surface area contributed by atoms with Crippen LogP contribution in [0.2, 0.25) is 5.02 Å². The zero-order chi connectivity index (χ0) is 19.0. The molecule has 1 rings (SSSR count). The molecule has 8 heteroatoms. The summed E-state index contributed by atoms with van der Waals surface area (Å²) in [5.74, 6) is 0. The molecule has 1 N–H and O–H groups in total. The van der Waals surface area contributed by atoms with Gasteiger partial charge in [0.05, 0.1) is 24.6 Å². The molecule has 0 bridgehead atoms. The summed E-state index contributed by atoms with van der Waals surface area (Å²) in [5.41, 5.74) is 0.870. The van der Waals surface area contributed by atoms with Crippen molar-refractivity contribution in [1.29, 1.82) is 0 Å². The smallest absolute Gasteiger partial charge is 0.414 e. The van der Waals surface area contributed by atoms with Crippen LogP contribution in [0.25, 0.3) is 0 Å². The summed E-state index contributed by atoms with van der Waals surface area (Å²) in [6.45, 7) is 6.28. The molecule has 0 saturated heterocycles. The Labute approximate surface area is 153 Å². The minimum Gasteiger partial charge on any atom is -0.450 e. The Kier molecular flexibility index (Phi) is 8.51. The Morgan fingerprint density at radius 2 is 1.84 bits per heavy atom. The lowest BCUT2D eigenvalue weighted by Gasteiger charge is -2.30. The van der Waals surface area contributed by atoms with E-state index in [2.05, 4.69) is 5.32 Å². The van der Waals surface area contributed by atoms with Crippen molar-refractivity contribution in [2.75, 3.05) is 44.1 Å². The first-order valence-corrected chi connectivity index (χ1v) is 8.51. The first-order valence-electron chi connectivity index (χ1n) is 8.14. The van der Waals surface area contributed by atoms with Crippen LogP contribution < -0.4 is 10.2 Å². The zero-order valence-corrected chi connectivity index (χ0v) is 16.1. The van der Waals surface area contributed by atoms with Crippen LogP contribution in [-0.4, -0.2) is 57.0 Å². The van der Waals surface area contributed by atoms with Gasteiger partial charge in [0.1, 0.15) is 0 Å². The first-order chi connectivity index (χ1) is 11.8. The summed E-state index contributed by atoms with van der Waals surface area (Å²) in [6.07, 6.45) is -1.11. The van der Waals surface area contributed by atoms with Crippen molar-refractivity contribution in [3.8, 4) is 0 Å². The maximum atomic E-state index is 12.5. The number of benzene rings is 1. The van der Waals surface area contributed by atoms with Crippen LogP contribution in [0.1, 0.15) is 20.8 Å². The van der Waals surface area contributed by atoms with Gasteiger partial charge in [0, 0.05) is 17.6 Å². The number of hydrogen-bond acceptors (Lipinski definition) is 5. The number of hydrogen-bond donors (Lipinski definition) is 1. The van der Waals surface area contributed by atoms with Gasteiger partial charge in [-0.2, -0.15) is 0 Å². The van der Waals surface area contributed by atoms with Crippen molar-refractivity contribution < 1.29 is 19.1 Å². The molecule has 0 saturated carbocycles. The number of amides is 2. The van der Waals surface area contributed by atoms with E-state index in [0.29, 0.717) is 22.9 Å². The lowest BCUT2D eigenvalue weighted by molar-refractivity contribution is 0.157. The van der Waals surface area contributed by atoms with Gasteiger partial charge < -0.3 is 14.4 Å². The minimum atomic E-state index is -0.601. The van der Waals surface area contributed by atoms with Crippen molar-refractivity contribution in [2.24, 2.45) is 0 Å². The number of carbonyl (C=O) groups excluding carboxylic acids is 2. The van der Waals surface area contributed by atoms with Gasteiger partial charge in [0.25, 0.3) is 0 Å². The van der Waals surface area contributed by atoms with Gasteiger partial charge in [-0.15, -0.1) is 0 Å². The fraction of sp³-hybridized carbons (Fsp3) is 0.529. The van der Waals surface area contributed by atoms with E-state index >= 15 is 0 Å². The first kappa shape index (κ1) is 21.1. The Morgan fingerprint density at radius 3 is 2.40 bits per heavy atom. The summed E-state index contributed by atoms with van der Waals surface area (Å²) in [4.78, 5) is 27.7. The lowest BCUT2D eigenvalue weighted by atomic mass is 10.2. The fourth-order valence-electron chi connectivity index (χ4n) is 2.01. The predicted molar refractivity (Wildman–Crippen MR) is 99.6 cm³/mol. The molecule has 0 aliphatic heterocycles. The number of nitrogens with zero attached hydrogens (tertiary/aromatic N) is 2. The predicted octanol–water partition coefficient (Wildman–Crippen LogP) is 3.82. The molecule has 1 atom stereocenters. The molecule has 0 aromatic heterocycles. The molecule has 0 aliphatic rings. The van der Waals surface area contributed by atoms with E-state index in [0.717, 1.165) is 0 Å². The normalized spacial score (nSPS) is 11.8. The van der Waals surface area contributed by atoms with Crippen molar-refractivity contribution in [3.05, 3.63) is 23.2 Å². The summed E-state index contributed by atoms with van der Waals surface area (Å²) >= 11 is 6.11. The highest BCUT2D eigenvalue weighted by Gasteiger charge is 2.24. The quantitative estimate of drug-likeness (QED) is 0.788. The van der Waals surface area contributed by atoms with Crippen molar-refractivity contribution in [2.45, 2.75) is 26.8 Å². The van der Waals surface area contributed by atoms with Crippen molar-refractivity contribution >= 4 is 35.2 Å². The molecule has 140 valence electrons. The van der Waals surface area contributed by atoms with Gasteiger partial charge >= 0.3 is 12.2 Å². The van der Waals surface area contributed by atoms with Crippen LogP contribution in [-0.2, 0) is 9.47 Å². The average molecular weight is 372 g/mol. The lowest BCUT2D eigenvalue weighted by Crippen LogP contribution is -2.42. The standard InChI is InChI=1S/C17H26ClN3O4/c1-6-24-16(22)19-14-9-8-13(18)10-15(14)21(17(23)25-7-2)11-12(3)20(4)5/h8-10,12H,6-7,11H2,1-5H3,(H,19,22). The third-order valence-electron chi connectivity index (χ3n) is 3.58. The summed E-state index contributed by atoms with van der Waals surface area (Å²) in [5, 5.41) is 3.08. The highest BCUT2D eigenvalue weighted by molar-refractivity contribution is 6.31. The Morgan fingerprint density at radius 1 is 1.20 bits per heavy atom. The van der Waals surface area contributed by atoms with E-state index in [9.17, 15) is 9.59 Å². The second kappa shape index (κ2) is 10.1. The highest BCUT2D eigenvalue weighted by atomic mass is 35.5. The second-order valence-corrected chi connectivity index (χ2v) is 6.07. The Balaban J connectivity index is 3.23. The molecule has 0 spiro atoms. The number of anilines is 2. The Bertz CT molecular complexity index is 595. The van der Waals surface area contributed by atoms with E-state index in [1.165, 1.54) is 4.90 Å².